The third-order valence-electron chi connectivity index (χ3n) is 4.02. The van der Waals surface area contributed by atoms with Crippen LogP contribution < -0.4 is 9.54 Å². The van der Waals surface area contributed by atoms with E-state index >= 15 is 0 Å². The number of aromatic nitrogens is 1. The zero-order chi connectivity index (χ0) is 16.0. The smallest absolute Gasteiger partial charge is 0.184 e. The number of hydrogen-bond acceptors (Lipinski definition) is 3. The van der Waals surface area contributed by atoms with E-state index in [0.717, 1.165) is 22.7 Å². The van der Waals surface area contributed by atoms with Crippen molar-refractivity contribution in [2.75, 3.05) is 7.05 Å². The molecule has 1 aliphatic rings. The van der Waals surface area contributed by atoms with Gasteiger partial charge in [0.1, 0.15) is 11.5 Å². The summed E-state index contributed by atoms with van der Waals surface area (Å²) in [5.41, 5.74) is 3.86. The average molecular weight is 343 g/mol. The Bertz CT molecular complexity index is 954. The van der Waals surface area contributed by atoms with Gasteiger partial charge in [-0.05, 0) is 48.0 Å². The highest BCUT2D eigenvalue weighted by Crippen LogP contribution is 2.40. The molecule has 0 spiro atoms. The topological polar surface area (TPSA) is 26.5 Å². The first-order chi connectivity index (χ1) is 11.2. The van der Waals surface area contributed by atoms with E-state index in [1.807, 2.05) is 37.4 Å². The van der Waals surface area contributed by atoms with E-state index in [1.54, 1.807) is 11.3 Å². The van der Waals surface area contributed by atoms with Crippen LogP contribution in [0.4, 0.5) is 0 Å². The lowest BCUT2D eigenvalue weighted by molar-refractivity contribution is 0.482. The van der Waals surface area contributed by atoms with Crippen molar-refractivity contribution in [3.05, 3.63) is 62.7 Å². The minimum absolute atomic E-state index is 0.709. The first kappa shape index (κ1) is 14.5. The van der Waals surface area contributed by atoms with Crippen LogP contribution >= 0.6 is 22.9 Å². The molecular formula is C18H15ClN2OS. The van der Waals surface area contributed by atoms with Gasteiger partial charge in [0, 0.05) is 36.0 Å². The molecule has 0 saturated heterocycles. The number of nitrogens with zero attached hydrogens (tertiary/aromatic N) is 2. The molecule has 0 saturated carbocycles. The Labute approximate surface area is 143 Å². The van der Waals surface area contributed by atoms with Crippen molar-refractivity contribution in [3.63, 3.8) is 0 Å². The van der Waals surface area contributed by atoms with Crippen LogP contribution in [0.5, 0.6) is 11.5 Å². The van der Waals surface area contributed by atoms with Crippen LogP contribution in [0.1, 0.15) is 10.4 Å². The highest BCUT2D eigenvalue weighted by Gasteiger charge is 2.24. The van der Waals surface area contributed by atoms with E-state index in [1.165, 1.54) is 21.7 Å². The Morgan fingerprint density at radius 3 is 2.61 bits per heavy atom. The maximum atomic E-state index is 5.93. The first-order valence-electron chi connectivity index (χ1n) is 7.34. The van der Waals surface area contributed by atoms with Crippen molar-refractivity contribution in [2.24, 2.45) is 12.0 Å². The fraction of sp³-hybridized carbons (Fsp3) is 0.167. The van der Waals surface area contributed by atoms with Crippen molar-refractivity contribution < 1.29 is 4.74 Å². The van der Waals surface area contributed by atoms with Gasteiger partial charge < -0.3 is 9.30 Å². The minimum Gasteiger partial charge on any atom is -0.457 e. The summed E-state index contributed by atoms with van der Waals surface area (Å²) >= 11 is 7.66. The van der Waals surface area contributed by atoms with Crippen molar-refractivity contribution in [2.45, 2.75) is 6.42 Å². The molecule has 0 fully saturated rings. The van der Waals surface area contributed by atoms with Crippen LogP contribution in [0.15, 0.2) is 47.5 Å². The van der Waals surface area contributed by atoms with Gasteiger partial charge in [-0.1, -0.05) is 11.6 Å². The summed E-state index contributed by atoms with van der Waals surface area (Å²) in [5, 5.41) is 0.709. The van der Waals surface area contributed by atoms with E-state index in [0.29, 0.717) is 5.02 Å². The second-order valence-electron chi connectivity index (χ2n) is 5.49. The van der Waals surface area contributed by atoms with Gasteiger partial charge in [-0.2, -0.15) is 0 Å². The molecule has 2 aromatic carbocycles. The van der Waals surface area contributed by atoms with Gasteiger partial charge in [0.05, 0.1) is 5.69 Å². The lowest BCUT2D eigenvalue weighted by atomic mass is 10.1. The number of benzene rings is 2. The highest BCUT2D eigenvalue weighted by molar-refractivity contribution is 7.09. The molecule has 1 heterocycles. The number of hydrogen-bond donors (Lipinski definition) is 0. The SMILES string of the molecule is CN=c1sc2c(n1C)-c1ccc(Oc3ccc(Cl)cc3)cc1C2. The standard InChI is InChI=1S/C18H15ClN2OS/c1-20-18-21(2)17-15-8-7-14(9-11(15)10-16(17)23-18)22-13-5-3-12(19)4-6-13/h3-9H,10H2,1-2H3. The fourth-order valence-corrected chi connectivity index (χ4v) is 4.22. The third kappa shape index (κ3) is 2.48. The molecule has 0 unspecified atom stereocenters. The van der Waals surface area contributed by atoms with Crippen molar-refractivity contribution >= 4 is 22.9 Å². The number of halogens is 1. The van der Waals surface area contributed by atoms with E-state index in [-0.39, 0.29) is 0 Å². The Hall–Kier alpha value is -2.04. The zero-order valence-corrected chi connectivity index (χ0v) is 14.4. The Kier molecular flexibility index (Phi) is 3.51. The molecular weight excluding hydrogens is 328 g/mol. The Balaban J connectivity index is 1.69. The molecule has 0 aliphatic heterocycles. The van der Waals surface area contributed by atoms with Gasteiger partial charge in [-0.15, -0.1) is 11.3 Å². The molecule has 0 N–H and O–H groups in total. The van der Waals surface area contributed by atoms with Gasteiger partial charge in [0.2, 0.25) is 0 Å². The number of fused-ring (bicyclic) bond motifs is 3. The average Bonchev–Trinajstić information content (AvgIpc) is 3.05. The molecule has 5 heteroatoms. The van der Waals surface area contributed by atoms with Gasteiger partial charge in [-0.25, -0.2) is 0 Å². The maximum Gasteiger partial charge on any atom is 0.184 e. The van der Waals surface area contributed by atoms with Crippen LogP contribution in [0.3, 0.4) is 0 Å². The first-order valence-corrected chi connectivity index (χ1v) is 8.53. The largest absolute Gasteiger partial charge is 0.457 e. The van der Waals surface area contributed by atoms with Crippen LogP contribution in [0.25, 0.3) is 11.3 Å². The Morgan fingerprint density at radius 2 is 1.87 bits per heavy atom. The number of ether oxygens (including phenoxy) is 1. The van der Waals surface area contributed by atoms with Crippen LogP contribution in [-0.2, 0) is 13.5 Å². The Morgan fingerprint density at radius 1 is 1.13 bits per heavy atom. The van der Waals surface area contributed by atoms with Crippen molar-refractivity contribution in [1.82, 2.24) is 4.57 Å². The molecule has 0 atom stereocenters. The molecule has 23 heavy (non-hydrogen) atoms. The van der Waals surface area contributed by atoms with Gasteiger partial charge in [-0.3, -0.25) is 4.99 Å². The molecule has 0 bridgehead atoms. The van der Waals surface area contributed by atoms with Crippen LogP contribution in [0, 0.1) is 0 Å². The normalized spacial score (nSPS) is 13.1. The molecule has 0 amide bonds. The molecule has 3 aromatic rings. The van der Waals surface area contributed by atoms with Gasteiger partial charge in [0.25, 0.3) is 0 Å². The quantitative estimate of drug-likeness (QED) is 0.521. The summed E-state index contributed by atoms with van der Waals surface area (Å²) in [4.78, 5) is 6.76. The fourth-order valence-electron chi connectivity index (χ4n) is 2.98. The monoisotopic (exact) mass is 342 g/mol. The van der Waals surface area contributed by atoms with Crippen LogP contribution in [0.2, 0.25) is 5.02 Å². The second-order valence-corrected chi connectivity index (χ2v) is 6.99. The zero-order valence-electron chi connectivity index (χ0n) is 12.8. The maximum absolute atomic E-state index is 5.93. The third-order valence-corrected chi connectivity index (χ3v) is 5.50. The molecule has 116 valence electrons. The predicted molar refractivity (Wildman–Crippen MR) is 94.5 cm³/mol. The summed E-state index contributed by atoms with van der Waals surface area (Å²) in [6.07, 6.45) is 0.941. The lowest BCUT2D eigenvalue weighted by Gasteiger charge is -2.09. The van der Waals surface area contributed by atoms with E-state index in [9.17, 15) is 0 Å². The van der Waals surface area contributed by atoms with E-state index < -0.39 is 0 Å². The molecule has 1 aliphatic carbocycles. The summed E-state index contributed by atoms with van der Waals surface area (Å²) in [5.74, 6) is 1.64. The van der Waals surface area contributed by atoms with Crippen molar-refractivity contribution in [3.8, 4) is 22.8 Å². The van der Waals surface area contributed by atoms with Gasteiger partial charge in [0.15, 0.2) is 4.80 Å². The van der Waals surface area contributed by atoms with Crippen molar-refractivity contribution in [1.29, 1.82) is 0 Å². The highest BCUT2D eigenvalue weighted by atomic mass is 35.5. The number of thiazole rings is 1. The summed E-state index contributed by atoms with van der Waals surface area (Å²) in [7, 11) is 3.91. The lowest BCUT2D eigenvalue weighted by Crippen LogP contribution is -2.10. The molecule has 0 radical (unpaired) electrons. The number of rotatable bonds is 2. The van der Waals surface area contributed by atoms with Crippen LogP contribution in [-0.4, -0.2) is 11.6 Å². The molecule has 1 aromatic heterocycles. The predicted octanol–water partition coefficient (Wildman–Crippen LogP) is 4.63. The van der Waals surface area contributed by atoms with Gasteiger partial charge >= 0.3 is 0 Å². The summed E-state index contributed by atoms with van der Waals surface area (Å²) < 4.78 is 8.10. The summed E-state index contributed by atoms with van der Waals surface area (Å²) in [6.45, 7) is 0. The van der Waals surface area contributed by atoms with E-state index in [4.69, 9.17) is 16.3 Å². The van der Waals surface area contributed by atoms with E-state index in [2.05, 4.69) is 28.7 Å². The minimum atomic E-state index is 0.709. The second kappa shape index (κ2) is 5.55. The summed E-state index contributed by atoms with van der Waals surface area (Å²) in [6, 6.07) is 13.7. The molecule has 4 rings (SSSR count). The molecule has 3 nitrogen and oxygen atoms in total.